The summed E-state index contributed by atoms with van der Waals surface area (Å²) in [5.74, 6) is -1.51. The van der Waals surface area contributed by atoms with E-state index in [1.807, 2.05) is 0 Å². The van der Waals surface area contributed by atoms with E-state index in [0.717, 1.165) is 24.4 Å². The summed E-state index contributed by atoms with van der Waals surface area (Å²) in [6.07, 6.45) is 3.09. The van der Waals surface area contributed by atoms with Crippen molar-refractivity contribution in [1.29, 1.82) is 0 Å². The van der Waals surface area contributed by atoms with Gasteiger partial charge in [-0.25, -0.2) is 0 Å². The Morgan fingerprint density at radius 1 is 1.26 bits per heavy atom. The molecule has 184 valence electrons. The molecule has 1 aliphatic heterocycles. The van der Waals surface area contributed by atoms with Crippen LogP contribution in [0.15, 0.2) is 47.1 Å². The van der Waals surface area contributed by atoms with Crippen molar-refractivity contribution in [3.63, 3.8) is 0 Å². The van der Waals surface area contributed by atoms with E-state index < -0.39 is 23.8 Å². The Balaban J connectivity index is 1.72. The van der Waals surface area contributed by atoms with Gasteiger partial charge in [0.25, 0.3) is 11.8 Å². The first-order chi connectivity index (χ1) is 16.8. The molecule has 4 rings (SSSR count). The number of furan rings is 1. The smallest absolute Gasteiger partial charge is 0.270 e. The number of aromatic hydroxyl groups is 1. The zero-order valence-electron chi connectivity index (χ0n) is 18.7. The highest BCUT2D eigenvalue weighted by Gasteiger charge is 2.35. The van der Waals surface area contributed by atoms with Gasteiger partial charge in [-0.15, -0.1) is 0 Å². The number of hydrogen-bond acceptors (Lipinski definition) is 9. The molecule has 0 saturated carbocycles. The van der Waals surface area contributed by atoms with Crippen molar-refractivity contribution in [1.82, 2.24) is 14.6 Å². The highest BCUT2D eigenvalue weighted by Crippen LogP contribution is 2.31. The Labute approximate surface area is 204 Å². The predicted molar refractivity (Wildman–Crippen MR) is 126 cm³/mol. The van der Waals surface area contributed by atoms with Gasteiger partial charge in [0.1, 0.15) is 22.4 Å². The van der Waals surface area contributed by atoms with Crippen molar-refractivity contribution < 1.29 is 28.6 Å². The molecule has 0 unspecified atom stereocenters. The number of amides is 3. The van der Waals surface area contributed by atoms with Crippen LogP contribution in [0, 0.1) is 0 Å². The van der Waals surface area contributed by atoms with Crippen LogP contribution in [-0.2, 0) is 16.1 Å². The largest absolute Gasteiger partial charge is 0.508 e. The predicted octanol–water partition coefficient (Wildman–Crippen LogP) is 1.80. The van der Waals surface area contributed by atoms with Crippen LogP contribution in [0.4, 0.5) is 5.69 Å². The molecule has 3 aromatic rings. The molecular formula is C23H25N5O6S. The molecule has 0 bridgehead atoms. The van der Waals surface area contributed by atoms with Gasteiger partial charge < -0.3 is 35.9 Å². The van der Waals surface area contributed by atoms with Crippen LogP contribution in [0.25, 0.3) is 0 Å². The van der Waals surface area contributed by atoms with Gasteiger partial charge >= 0.3 is 0 Å². The number of carbonyl (C=O) groups is 3. The molecule has 1 aromatic carbocycles. The summed E-state index contributed by atoms with van der Waals surface area (Å²) in [6, 6.07) is 8.18. The highest BCUT2D eigenvalue weighted by atomic mass is 32.1. The number of nitrogen functional groups attached to an aromatic ring is 1. The fourth-order valence-corrected chi connectivity index (χ4v) is 4.62. The fourth-order valence-electron chi connectivity index (χ4n) is 3.86. The molecule has 11 nitrogen and oxygen atoms in total. The summed E-state index contributed by atoms with van der Waals surface area (Å²) < 4.78 is 15.0. The Kier molecular flexibility index (Phi) is 7.32. The van der Waals surface area contributed by atoms with Crippen molar-refractivity contribution in [3.05, 3.63) is 64.6 Å². The molecule has 1 aliphatic rings. The minimum Gasteiger partial charge on any atom is -0.508 e. The fraction of sp³-hybridized carbons (Fsp3) is 0.304. The van der Waals surface area contributed by atoms with E-state index in [4.69, 9.17) is 20.6 Å². The first-order valence-electron chi connectivity index (χ1n) is 10.9. The molecule has 12 heteroatoms. The number of rotatable bonds is 9. The van der Waals surface area contributed by atoms with Crippen LogP contribution in [-0.4, -0.2) is 51.4 Å². The first kappa shape index (κ1) is 24.2. The standard InChI is InChI=1S/C23H25N5O6S/c24-17-18(21(25)30)27-35-20(17)23(32)28(12-16-4-2-10-34-16)19(13-5-7-14(29)8-6-13)22(31)26-11-15-3-1-9-33-15/h2,4-8,10,15,19,29H,1,3,9,11-12,24H2,(H2,25,30)(H,26,31)/t15-,19-/m1/s1. The molecular weight excluding hydrogens is 474 g/mol. The summed E-state index contributed by atoms with van der Waals surface area (Å²) >= 11 is 0.725. The summed E-state index contributed by atoms with van der Waals surface area (Å²) in [7, 11) is 0. The lowest BCUT2D eigenvalue weighted by molar-refractivity contribution is -0.126. The van der Waals surface area contributed by atoms with Gasteiger partial charge in [-0.1, -0.05) is 12.1 Å². The minimum atomic E-state index is -1.12. The second-order valence-electron chi connectivity index (χ2n) is 8.02. The van der Waals surface area contributed by atoms with Gasteiger partial charge in [0.2, 0.25) is 5.91 Å². The van der Waals surface area contributed by atoms with Gasteiger partial charge in [-0.2, -0.15) is 4.37 Å². The summed E-state index contributed by atoms with van der Waals surface area (Å²) in [5, 5.41) is 12.6. The van der Waals surface area contributed by atoms with Crippen molar-refractivity contribution in [2.75, 3.05) is 18.9 Å². The van der Waals surface area contributed by atoms with Crippen molar-refractivity contribution >= 4 is 34.9 Å². The van der Waals surface area contributed by atoms with E-state index in [9.17, 15) is 19.5 Å². The topological polar surface area (TPSA) is 174 Å². The number of phenolic OH excluding ortho intramolecular Hbond substituents is 1. The molecule has 0 radical (unpaired) electrons. The van der Waals surface area contributed by atoms with E-state index in [-0.39, 0.29) is 41.2 Å². The molecule has 0 aliphatic carbocycles. The molecule has 6 N–H and O–H groups in total. The number of primary amides is 1. The molecule has 1 fully saturated rings. The number of carbonyl (C=O) groups excluding carboxylic acids is 3. The average molecular weight is 500 g/mol. The Morgan fingerprint density at radius 3 is 2.63 bits per heavy atom. The van der Waals surface area contributed by atoms with E-state index in [2.05, 4.69) is 9.69 Å². The van der Waals surface area contributed by atoms with Crippen LogP contribution in [0.3, 0.4) is 0 Å². The van der Waals surface area contributed by atoms with Gasteiger partial charge in [0, 0.05) is 13.2 Å². The molecule has 0 spiro atoms. The van der Waals surface area contributed by atoms with Crippen molar-refractivity contribution in [3.8, 4) is 5.75 Å². The van der Waals surface area contributed by atoms with Crippen LogP contribution in [0.1, 0.15) is 50.4 Å². The summed E-state index contributed by atoms with van der Waals surface area (Å²) in [6.45, 7) is 0.844. The third-order valence-electron chi connectivity index (χ3n) is 5.62. The Morgan fingerprint density at radius 2 is 2.03 bits per heavy atom. The monoisotopic (exact) mass is 499 g/mol. The number of nitrogens with zero attached hydrogens (tertiary/aromatic N) is 2. The number of nitrogens with two attached hydrogens (primary N) is 2. The van der Waals surface area contributed by atoms with Crippen LogP contribution >= 0.6 is 11.5 Å². The number of benzene rings is 1. The molecule has 1 saturated heterocycles. The third kappa shape index (κ3) is 5.44. The van der Waals surface area contributed by atoms with Gasteiger partial charge in [0.15, 0.2) is 5.69 Å². The molecule has 2 aromatic heterocycles. The highest BCUT2D eigenvalue weighted by molar-refractivity contribution is 7.09. The maximum atomic E-state index is 13.7. The molecule has 3 heterocycles. The van der Waals surface area contributed by atoms with E-state index in [1.54, 1.807) is 24.3 Å². The van der Waals surface area contributed by atoms with E-state index in [0.29, 0.717) is 17.9 Å². The minimum absolute atomic E-state index is 0.00831. The molecule has 35 heavy (non-hydrogen) atoms. The number of nitrogens with one attached hydrogen (secondary N) is 1. The normalized spacial score (nSPS) is 16.1. The second kappa shape index (κ2) is 10.6. The quantitative estimate of drug-likeness (QED) is 0.345. The Hall–Kier alpha value is -3.90. The van der Waals surface area contributed by atoms with Gasteiger partial charge in [0.05, 0.1) is 24.6 Å². The SMILES string of the molecule is NC(=O)c1nsc(C(=O)N(Cc2ccco2)[C@@H](C(=O)NC[C@H]2CCCO2)c2ccc(O)cc2)c1N. The number of anilines is 1. The average Bonchev–Trinajstić information content (AvgIpc) is 3.60. The molecule has 3 amide bonds. The third-order valence-corrected chi connectivity index (χ3v) is 6.47. The number of phenols is 1. The summed E-state index contributed by atoms with van der Waals surface area (Å²) in [5.41, 5.74) is 11.4. The van der Waals surface area contributed by atoms with Gasteiger partial charge in [-0.05, 0) is 54.2 Å². The van der Waals surface area contributed by atoms with Crippen LogP contribution in [0.2, 0.25) is 0 Å². The number of ether oxygens (including phenoxy) is 1. The number of hydrogen-bond donors (Lipinski definition) is 4. The van der Waals surface area contributed by atoms with Gasteiger partial charge in [-0.3, -0.25) is 14.4 Å². The van der Waals surface area contributed by atoms with Crippen LogP contribution in [0.5, 0.6) is 5.75 Å². The number of aromatic nitrogens is 1. The van der Waals surface area contributed by atoms with Crippen molar-refractivity contribution in [2.45, 2.75) is 31.5 Å². The first-order valence-corrected chi connectivity index (χ1v) is 11.7. The van der Waals surface area contributed by atoms with E-state index >= 15 is 0 Å². The van der Waals surface area contributed by atoms with E-state index in [1.165, 1.54) is 23.3 Å². The Bertz CT molecular complexity index is 1190. The second-order valence-corrected chi connectivity index (χ2v) is 8.80. The lowest BCUT2D eigenvalue weighted by Gasteiger charge is -2.31. The zero-order chi connectivity index (χ0) is 24.9. The van der Waals surface area contributed by atoms with Crippen molar-refractivity contribution in [2.24, 2.45) is 5.73 Å². The maximum Gasteiger partial charge on any atom is 0.270 e. The lowest BCUT2D eigenvalue weighted by atomic mass is 10.0. The van der Waals surface area contributed by atoms with Crippen LogP contribution < -0.4 is 16.8 Å². The zero-order valence-corrected chi connectivity index (χ0v) is 19.5. The lowest BCUT2D eigenvalue weighted by Crippen LogP contribution is -2.45. The molecule has 2 atom stereocenters. The maximum absolute atomic E-state index is 13.7. The summed E-state index contributed by atoms with van der Waals surface area (Å²) in [4.78, 5) is 40.2.